The van der Waals surface area contributed by atoms with Crippen LogP contribution in [0.25, 0.3) is 0 Å². The normalized spacial score (nSPS) is 19.1. The van der Waals surface area contributed by atoms with Crippen LogP contribution < -0.4 is 4.90 Å². The van der Waals surface area contributed by atoms with Gasteiger partial charge in [0, 0.05) is 38.6 Å². The standard InChI is InChI=1S/C13H15N5O/c14-7-11-12(16-4-3-15-11)18-8-10(9-18)13(19)17-5-1-2-6-17/h3-4,10H,1-2,5-6,8-9H2. The second kappa shape index (κ2) is 4.84. The summed E-state index contributed by atoms with van der Waals surface area (Å²) in [6.07, 6.45) is 5.32. The van der Waals surface area contributed by atoms with E-state index in [0.29, 0.717) is 24.6 Å². The number of hydrogen-bond donors (Lipinski definition) is 0. The maximum Gasteiger partial charge on any atom is 0.229 e. The van der Waals surface area contributed by atoms with Gasteiger partial charge in [-0.05, 0) is 12.8 Å². The maximum absolute atomic E-state index is 12.2. The van der Waals surface area contributed by atoms with Crippen molar-refractivity contribution < 1.29 is 4.79 Å². The van der Waals surface area contributed by atoms with Gasteiger partial charge in [-0.2, -0.15) is 5.26 Å². The van der Waals surface area contributed by atoms with Gasteiger partial charge in [-0.1, -0.05) is 0 Å². The van der Waals surface area contributed by atoms with Crippen LogP contribution in [0.2, 0.25) is 0 Å². The summed E-state index contributed by atoms with van der Waals surface area (Å²) >= 11 is 0. The summed E-state index contributed by atoms with van der Waals surface area (Å²) < 4.78 is 0. The zero-order chi connectivity index (χ0) is 13.2. The minimum absolute atomic E-state index is 0.0478. The zero-order valence-corrected chi connectivity index (χ0v) is 10.6. The van der Waals surface area contributed by atoms with Crippen molar-refractivity contribution in [1.29, 1.82) is 5.26 Å². The highest BCUT2D eigenvalue weighted by molar-refractivity contribution is 5.82. The SMILES string of the molecule is N#Cc1nccnc1N1CC(C(=O)N2CCCC2)C1. The van der Waals surface area contributed by atoms with Gasteiger partial charge in [0.25, 0.3) is 0 Å². The van der Waals surface area contributed by atoms with Crippen molar-refractivity contribution in [3.8, 4) is 6.07 Å². The number of carbonyl (C=O) groups is 1. The van der Waals surface area contributed by atoms with E-state index in [2.05, 4.69) is 9.97 Å². The fourth-order valence-corrected chi connectivity index (χ4v) is 2.64. The summed E-state index contributed by atoms with van der Waals surface area (Å²) in [6, 6.07) is 2.03. The van der Waals surface area contributed by atoms with Gasteiger partial charge in [0.15, 0.2) is 11.5 Å². The first-order valence-corrected chi connectivity index (χ1v) is 6.54. The lowest BCUT2D eigenvalue weighted by Crippen LogP contribution is -2.54. The molecule has 0 aliphatic carbocycles. The number of likely N-dealkylation sites (tertiary alicyclic amines) is 1. The largest absolute Gasteiger partial charge is 0.352 e. The van der Waals surface area contributed by atoms with Crippen LogP contribution in [-0.4, -0.2) is 47.0 Å². The van der Waals surface area contributed by atoms with E-state index in [1.54, 1.807) is 6.20 Å². The molecule has 2 aliphatic heterocycles. The monoisotopic (exact) mass is 257 g/mol. The fourth-order valence-electron chi connectivity index (χ4n) is 2.64. The van der Waals surface area contributed by atoms with Crippen molar-refractivity contribution >= 4 is 11.7 Å². The van der Waals surface area contributed by atoms with E-state index in [9.17, 15) is 4.79 Å². The van der Waals surface area contributed by atoms with E-state index in [0.717, 1.165) is 25.9 Å². The summed E-state index contributed by atoms with van der Waals surface area (Å²) in [6.45, 7) is 3.07. The first-order valence-electron chi connectivity index (χ1n) is 6.54. The van der Waals surface area contributed by atoms with E-state index in [1.165, 1.54) is 6.20 Å². The fraction of sp³-hybridized carbons (Fsp3) is 0.538. The van der Waals surface area contributed by atoms with E-state index in [1.807, 2.05) is 15.9 Å². The molecule has 1 aromatic heterocycles. The second-order valence-corrected chi connectivity index (χ2v) is 4.97. The Morgan fingerprint density at radius 3 is 2.63 bits per heavy atom. The number of nitrogens with zero attached hydrogens (tertiary/aromatic N) is 5. The third kappa shape index (κ3) is 2.12. The third-order valence-electron chi connectivity index (χ3n) is 3.73. The molecule has 0 atom stereocenters. The highest BCUT2D eigenvalue weighted by Crippen LogP contribution is 2.26. The molecule has 0 saturated carbocycles. The predicted octanol–water partition coefficient (Wildman–Crippen LogP) is 0.407. The molecule has 3 heterocycles. The minimum atomic E-state index is 0.0478. The van der Waals surface area contributed by atoms with Gasteiger partial charge in [0.1, 0.15) is 6.07 Å². The number of rotatable bonds is 2. The van der Waals surface area contributed by atoms with Crippen LogP contribution in [0.15, 0.2) is 12.4 Å². The van der Waals surface area contributed by atoms with Crippen LogP contribution in [0.5, 0.6) is 0 Å². The maximum atomic E-state index is 12.2. The molecule has 98 valence electrons. The Hall–Kier alpha value is -2.16. The van der Waals surface area contributed by atoms with E-state index < -0.39 is 0 Å². The highest BCUT2D eigenvalue weighted by Gasteiger charge is 2.37. The van der Waals surface area contributed by atoms with Crippen molar-refractivity contribution in [3.63, 3.8) is 0 Å². The lowest BCUT2D eigenvalue weighted by atomic mass is 9.98. The Balaban J connectivity index is 1.63. The van der Waals surface area contributed by atoms with Gasteiger partial charge >= 0.3 is 0 Å². The van der Waals surface area contributed by atoms with Crippen LogP contribution in [0.3, 0.4) is 0 Å². The number of nitriles is 1. The molecule has 19 heavy (non-hydrogen) atoms. The van der Waals surface area contributed by atoms with Crippen molar-refractivity contribution in [2.75, 3.05) is 31.1 Å². The number of aromatic nitrogens is 2. The molecule has 0 N–H and O–H groups in total. The van der Waals surface area contributed by atoms with Crippen molar-refractivity contribution in [3.05, 3.63) is 18.1 Å². The molecular formula is C13H15N5O. The molecule has 3 rings (SSSR count). The van der Waals surface area contributed by atoms with Gasteiger partial charge in [0.2, 0.25) is 5.91 Å². The molecule has 1 amide bonds. The lowest BCUT2D eigenvalue weighted by Gasteiger charge is -2.40. The van der Waals surface area contributed by atoms with Crippen molar-refractivity contribution in [1.82, 2.24) is 14.9 Å². The summed E-state index contributed by atoms with van der Waals surface area (Å²) in [5.74, 6) is 0.887. The predicted molar refractivity (Wildman–Crippen MR) is 68.3 cm³/mol. The molecular weight excluding hydrogens is 242 g/mol. The molecule has 0 aromatic carbocycles. The summed E-state index contributed by atoms with van der Waals surface area (Å²) in [5, 5.41) is 8.98. The van der Waals surface area contributed by atoms with Crippen LogP contribution in [-0.2, 0) is 4.79 Å². The average molecular weight is 257 g/mol. The van der Waals surface area contributed by atoms with Crippen LogP contribution in [0.4, 0.5) is 5.82 Å². The van der Waals surface area contributed by atoms with Gasteiger partial charge in [0.05, 0.1) is 5.92 Å². The molecule has 2 saturated heterocycles. The summed E-state index contributed by atoms with van der Waals surface area (Å²) in [4.78, 5) is 24.2. The lowest BCUT2D eigenvalue weighted by molar-refractivity contribution is -0.135. The van der Waals surface area contributed by atoms with E-state index in [-0.39, 0.29) is 11.8 Å². The molecule has 0 spiro atoms. The Morgan fingerprint density at radius 1 is 1.26 bits per heavy atom. The topological polar surface area (TPSA) is 73.1 Å². The molecule has 0 bridgehead atoms. The first-order chi connectivity index (χ1) is 9.29. The van der Waals surface area contributed by atoms with E-state index in [4.69, 9.17) is 5.26 Å². The molecule has 0 radical (unpaired) electrons. The Labute approximate surface area is 111 Å². The van der Waals surface area contributed by atoms with Gasteiger partial charge < -0.3 is 9.80 Å². The number of hydrogen-bond acceptors (Lipinski definition) is 5. The number of amides is 1. The third-order valence-corrected chi connectivity index (χ3v) is 3.73. The quantitative estimate of drug-likeness (QED) is 0.767. The van der Waals surface area contributed by atoms with Gasteiger partial charge in [-0.3, -0.25) is 4.79 Å². The van der Waals surface area contributed by atoms with Crippen molar-refractivity contribution in [2.45, 2.75) is 12.8 Å². The van der Waals surface area contributed by atoms with Crippen LogP contribution >= 0.6 is 0 Å². The highest BCUT2D eigenvalue weighted by atomic mass is 16.2. The average Bonchev–Trinajstić information content (AvgIpc) is 2.91. The summed E-state index contributed by atoms with van der Waals surface area (Å²) in [5.41, 5.74) is 0.328. The van der Waals surface area contributed by atoms with Crippen LogP contribution in [0.1, 0.15) is 18.5 Å². The Morgan fingerprint density at radius 2 is 1.95 bits per heavy atom. The number of anilines is 1. The molecule has 0 unspecified atom stereocenters. The van der Waals surface area contributed by atoms with Gasteiger partial charge in [-0.25, -0.2) is 9.97 Å². The number of carbonyl (C=O) groups excluding carboxylic acids is 1. The van der Waals surface area contributed by atoms with Gasteiger partial charge in [-0.15, -0.1) is 0 Å². The first kappa shape index (κ1) is 11.9. The smallest absolute Gasteiger partial charge is 0.229 e. The Kier molecular flexibility index (Phi) is 3.03. The van der Waals surface area contributed by atoms with Crippen LogP contribution in [0, 0.1) is 17.2 Å². The second-order valence-electron chi connectivity index (χ2n) is 4.97. The molecule has 2 aliphatic rings. The zero-order valence-electron chi connectivity index (χ0n) is 10.6. The minimum Gasteiger partial charge on any atom is -0.352 e. The molecule has 6 nitrogen and oxygen atoms in total. The Bertz CT molecular complexity index is 526. The molecule has 2 fully saturated rings. The molecule has 6 heteroatoms. The summed E-state index contributed by atoms with van der Waals surface area (Å²) in [7, 11) is 0. The van der Waals surface area contributed by atoms with E-state index >= 15 is 0 Å². The van der Waals surface area contributed by atoms with Crippen molar-refractivity contribution in [2.24, 2.45) is 5.92 Å². The molecule has 1 aromatic rings.